The van der Waals surface area contributed by atoms with Gasteiger partial charge in [-0.05, 0) is 36.6 Å². The molecule has 0 atom stereocenters. The molecule has 1 heterocycles. The smallest absolute Gasteiger partial charge is 0.0907 e. The molecule has 1 nitrogen and oxygen atoms in total. The van der Waals surface area contributed by atoms with Crippen LogP contribution < -0.4 is 9.88 Å². The molecule has 0 unspecified atom stereocenters. The van der Waals surface area contributed by atoms with E-state index >= 15 is 0 Å². The van der Waals surface area contributed by atoms with Crippen molar-refractivity contribution in [1.29, 1.82) is 0 Å². The van der Waals surface area contributed by atoms with Gasteiger partial charge in [-0.2, -0.15) is 0 Å². The second kappa shape index (κ2) is 3.78. The average Bonchev–Trinajstić information content (AvgIpc) is 2.59. The van der Waals surface area contributed by atoms with E-state index in [4.69, 9.17) is 11.6 Å². The van der Waals surface area contributed by atoms with E-state index in [-0.39, 0.29) is 12.4 Å². The number of rotatable bonds is 0. The van der Waals surface area contributed by atoms with Gasteiger partial charge in [-0.25, -0.2) is 4.98 Å². The van der Waals surface area contributed by atoms with Gasteiger partial charge in [0.2, 0.25) is 0 Å². The Hall–Kier alpha value is -0.570. The summed E-state index contributed by atoms with van der Waals surface area (Å²) in [7, 11) is 0. The summed E-state index contributed by atoms with van der Waals surface area (Å²) in [5.41, 5.74) is 2.57. The van der Waals surface area contributed by atoms with Crippen molar-refractivity contribution in [1.82, 2.24) is 4.98 Å². The Morgan fingerprint density at radius 3 is 3.00 bits per heavy atom. The number of fused-ring (bicyclic) bond motifs is 2. The van der Waals surface area contributed by atoms with Crippen LogP contribution in [-0.4, -0.2) is 4.98 Å². The van der Waals surface area contributed by atoms with Crippen LogP contribution in [-0.2, 0) is 0 Å². The molecule has 0 spiro atoms. The third-order valence-electron chi connectivity index (χ3n) is 2.48. The first kappa shape index (κ1) is 10.9. The number of nitrogens with zero attached hydrogens (tertiary/aromatic N) is 1. The molecule has 0 bridgehead atoms. The minimum atomic E-state index is 0. The predicted octanol–water partition coefficient (Wildman–Crippen LogP) is 2.27. The number of hydrogen-bond acceptors (Lipinski definition) is 2. The summed E-state index contributed by atoms with van der Waals surface area (Å²) in [6.45, 7) is 2.05. The van der Waals surface area contributed by atoms with Crippen molar-refractivity contribution >= 4 is 47.0 Å². The normalized spacial score (nSPS) is 17.1. The first-order valence-electron chi connectivity index (χ1n) is 4.50. The van der Waals surface area contributed by atoms with Gasteiger partial charge in [-0.1, -0.05) is 17.7 Å². The van der Waals surface area contributed by atoms with Gasteiger partial charge in [0.15, 0.2) is 0 Å². The molecule has 0 aromatic carbocycles. The van der Waals surface area contributed by atoms with E-state index in [9.17, 15) is 0 Å². The van der Waals surface area contributed by atoms with Gasteiger partial charge in [-0.15, -0.1) is 23.7 Å². The number of hydrogen-bond donors (Lipinski definition) is 0. The van der Waals surface area contributed by atoms with E-state index in [2.05, 4.69) is 11.1 Å². The summed E-state index contributed by atoms with van der Waals surface area (Å²) >= 11 is 7.71. The standard InChI is InChI=1S/C11H8ClNS.ClH/c1-6-13-11-9-3-2-8(12)4-7(9)5-10(11)14-6;/h2,4-5H,3H2,1H3;1H. The third kappa shape index (κ3) is 1.67. The lowest BCUT2D eigenvalue weighted by molar-refractivity contribution is 1.20. The van der Waals surface area contributed by atoms with Crippen molar-refractivity contribution in [2.45, 2.75) is 13.3 Å². The van der Waals surface area contributed by atoms with Crippen LogP contribution in [0.3, 0.4) is 0 Å². The van der Waals surface area contributed by atoms with Crippen LogP contribution >= 0.6 is 35.3 Å². The molecule has 3 rings (SSSR count). The van der Waals surface area contributed by atoms with E-state index in [1.807, 2.05) is 19.1 Å². The van der Waals surface area contributed by atoms with Crippen LogP contribution in [0.15, 0.2) is 22.8 Å². The Morgan fingerprint density at radius 1 is 1.40 bits per heavy atom. The predicted molar refractivity (Wildman–Crippen MR) is 67.9 cm³/mol. The molecule has 0 fully saturated rings. The van der Waals surface area contributed by atoms with Crippen LogP contribution in [0, 0.1) is 6.92 Å². The molecular formula is C11H9Cl2NS. The lowest BCUT2D eigenvalue weighted by Crippen LogP contribution is -2.19. The number of thiazole rings is 1. The molecule has 78 valence electrons. The van der Waals surface area contributed by atoms with Gasteiger partial charge >= 0.3 is 0 Å². The van der Waals surface area contributed by atoms with Gasteiger partial charge in [0.25, 0.3) is 0 Å². The first-order valence-corrected chi connectivity index (χ1v) is 5.69. The molecule has 0 radical (unpaired) electrons. The highest BCUT2D eigenvalue weighted by Crippen LogP contribution is 2.27. The number of aromatic nitrogens is 1. The Bertz CT molecular complexity index is 593. The van der Waals surface area contributed by atoms with Crippen LogP contribution in [0.4, 0.5) is 0 Å². The number of halogens is 2. The molecule has 0 amide bonds. The Kier molecular flexibility index (Phi) is 2.75. The van der Waals surface area contributed by atoms with E-state index in [0.29, 0.717) is 0 Å². The molecule has 1 aromatic heterocycles. The minimum Gasteiger partial charge on any atom is -0.241 e. The number of aryl methyl sites for hydroxylation is 1. The fourth-order valence-corrected chi connectivity index (χ4v) is 2.97. The zero-order valence-electron chi connectivity index (χ0n) is 8.08. The van der Waals surface area contributed by atoms with E-state index in [1.165, 1.54) is 21.0 Å². The zero-order valence-corrected chi connectivity index (χ0v) is 10.5. The van der Waals surface area contributed by atoms with Gasteiger partial charge in [0, 0.05) is 5.03 Å². The third-order valence-corrected chi connectivity index (χ3v) is 3.66. The summed E-state index contributed by atoms with van der Waals surface area (Å²) < 4.78 is 1.28. The fraction of sp³-hybridized carbons (Fsp3) is 0.182. The molecule has 2 aliphatic carbocycles. The lowest BCUT2D eigenvalue weighted by Gasteiger charge is -2.07. The Morgan fingerprint density at radius 2 is 2.20 bits per heavy atom. The highest BCUT2D eigenvalue weighted by Gasteiger charge is 2.16. The summed E-state index contributed by atoms with van der Waals surface area (Å²) in [5, 5.41) is 3.14. The van der Waals surface area contributed by atoms with E-state index in [1.54, 1.807) is 11.3 Å². The molecule has 0 saturated heterocycles. The van der Waals surface area contributed by atoms with Crippen molar-refractivity contribution < 1.29 is 0 Å². The highest BCUT2D eigenvalue weighted by molar-refractivity contribution is 7.09. The largest absolute Gasteiger partial charge is 0.241 e. The Labute approximate surface area is 103 Å². The maximum atomic E-state index is 5.96. The highest BCUT2D eigenvalue weighted by atomic mass is 35.5. The van der Waals surface area contributed by atoms with Crippen LogP contribution in [0.2, 0.25) is 0 Å². The van der Waals surface area contributed by atoms with Gasteiger partial charge in [0.05, 0.1) is 14.9 Å². The minimum absolute atomic E-state index is 0. The molecule has 1 aromatic rings. The van der Waals surface area contributed by atoms with Gasteiger partial charge in [-0.3, -0.25) is 0 Å². The molecule has 2 aliphatic rings. The van der Waals surface area contributed by atoms with E-state index < -0.39 is 0 Å². The summed E-state index contributed by atoms with van der Waals surface area (Å²) in [5.74, 6) is 0. The molecule has 4 heteroatoms. The molecule has 0 aliphatic heterocycles. The zero-order chi connectivity index (χ0) is 9.71. The maximum Gasteiger partial charge on any atom is 0.0907 e. The molecule has 15 heavy (non-hydrogen) atoms. The first-order chi connectivity index (χ1) is 6.74. The van der Waals surface area contributed by atoms with Crippen LogP contribution in [0.25, 0.3) is 11.6 Å². The molecule has 0 N–H and O–H groups in total. The summed E-state index contributed by atoms with van der Waals surface area (Å²) in [4.78, 5) is 4.54. The van der Waals surface area contributed by atoms with Gasteiger partial charge < -0.3 is 0 Å². The van der Waals surface area contributed by atoms with Crippen LogP contribution in [0.1, 0.15) is 11.4 Å². The second-order valence-corrected chi connectivity index (χ2v) is 5.13. The van der Waals surface area contributed by atoms with E-state index in [0.717, 1.165) is 16.5 Å². The molecular weight excluding hydrogens is 249 g/mol. The topological polar surface area (TPSA) is 12.9 Å². The van der Waals surface area contributed by atoms with Crippen molar-refractivity contribution in [3.63, 3.8) is 0 Å². The summed E-state index contributed by atoms with van der Waals surface area (Å²) in [6.07, 6.45) is 7.16. The fourth-order valence-electron chi connectivity index (χ4n) is 1.87. The van der Waals surface area contributed by atoms with Crippen molar-refractivity contribution in [2.24, 2.45) is 0 Å². The SMILES string of the molecule is Cc1nc2c(s1)=CC1=CC(Cl)=CCC=21.Cl. The maximum absolute atomic E-state index is 5.96. The lowest BCUT2D eigenvalue weighted by atomic mass is 10.0. The monoisotopic (exact) mass is 257 g/mol. The molecule has 0 saturated carbocycles. The number of allylic oxidation sites excluding steroid dienone is 4. The quantitative estimate of drug-likeness (QED) is 0.695. The van der Waals surface area contributed by atoms with Crippen molar-refractivity contribution in [3.8, 4) is 0 Å². The second-order valence-electron chi connectivity index (χ2n) is 3.46. The van der Waals surface area contributed by atoms with Crippen molar-refractivity contribution in [2.75, 3.05) is 0 Å². The van der Waals surface area contributed by atoms with Crippen molar-refractivity contribution in [3.05, 3.63) is 37.6 Å². The van der Waals surface area contributed by atoms with Gasteiger partial charge in [0.1, 0.15) is 0 Å². The Balaban J connectivity index is 0.000000853. The summed E-state index contributed by atoms with van der Waals surface area (Å²) in [6, 6.07) is 0. The average molecular weight is 258 g/mol. The van der Waals surface area contributed by atoms with Crippen LogP contribution in [0.5, 0.6) is 0 Å².